The third kappa shape index (κ3) is 2.86. The number of hydrogen-bond donors (Lipinski definition) is 1. The number of aromatic amines is 1. The van der Waals surface area contributed by atoms with Crippen LogP contribution in [0.5, 0.6) is 0 Å². The summed E-state index contributed by atoms with van der Waals surface area (Å²) in [5, 5.41) is 0.603. The van der Waals surface area contributed by atoms with Crippen LogP contribution < -0.4 is 5.56 Å². The molecule has 0 radical (unpaired) electrons. The molecule has 0 amide bonds. The Morgan fingerprint density at radius 3 is 2.75 bits per heavy atom. The van der Waals surface area contributed by atoms with E-state index in [0.717, 1.165) is 0 Å². The second-order valence-corrected chi connectivity index (χ2v) is 4.74. The van der Waals surface area contributed by atoms with Crippen molar-refractivity contribution in [2.45, 2.75) is 6.92 Å². The molecular formula is C14H11Cl2NO3. The summed E-state index contributed by atoms with van der Waals surface area (Å²) in [5.41, 5.74) is 0.620. The van der Waals surface area contributed by atoms with E-state index in [1.807, 2.05) is 0 Å². The van der Waals surface area contributed by atoms with E-state index in [4.69, 9.17) is 27.9 Å². The van der Waals surface area contributed by atoms with Gasteiger partial charge in [0.25, 0.3) is 5.56 Å². The number of aromatic nitrogens is 1. The first kappa shape index (κ1) is 14.6. The molecule has 0 atom stereocenters. The molecule has 104 valence electrons. The molecule has 0 bridgehead atoms. The molecule has 0 aliphatic rings. The van der Waals surface area contributed by atoms with E-state index in [1.165, 1.54) is 12.3 Å². The van der Waals surface area contributed by atoms with Gasteiger partial charge in [0.05, 0.1) is 22.2 Å². The van der Waals surface area contributed by atoms with E-state index in [0.29, 0.717) is 10.6 Å². The average Bonchev–Trinajstić information content (AvgIpc) is 2.43. The Morgan fingerprint density at radius 1 is 1.30 bits per heavy atom. The normalized spacial score (nSPS) is 10.3. The van der Waals surface area contributed by atoms with E-state index in [2.05, 4.69) is 4.98 Å². The Hall–Kier alpha value is -1.78. The molecule has 0 saturated carbocycles. The first-order valence-corrected chi connectivity index (χ1v) is 6.64. The Balaban J connectivity index is 2.57. The lowest BCUT2D eigenvalue weighted by atomic mass is 10.1. The third-order valence-electron chi connectivity index (χ3n) is 2.66. The van der Waals surface area contributed by atoms with E-state index < -0.39 is 5.97 Å². The maximum absolute atomic E-state index is 11.9. The van der Waals surface area contributed by atoms with Crippen LogP contribution in [0.1, 0.15) is 17.3 Å². The van der Waals surface area contributed by atoms with Crippen LogP contribution in [-0.4, -0.2) is 17.6 Å². The average molecular weight is 312 g/mol. The Kier molecular flexibility index (Phi) is 4.47. The quantitative estimate of drug-likeness (QED) is 0.882. The van der Waals surface area contributed by atoms with Crippen LogP contribution in [0.25, 0.3) is 11.1 Å². The molecule has 0 spiro atoms. The van der Waals surface area contributed by atoms with Crippen LogP contribution in [-0.2, 0) is 4.74 Å². The molecule has 0 unspecified atom stereocenters. The molecule has 1 N–H and O–H groups in total. The van der Waals surface area contributed by atoms with Crippen molar-refractivity contribution in [1.82, 2.24) is 4.98 Å². The largest absolute Gasteiger partial charge is 0.462 e. The smallest absolute Gasteiger partial charge is 0.339 e. The minimum atomic E-state index is -0.511. The zero-order valence-corrected chi connectivity index (χ0v) is 12.1. The predicted octanol–water partition coefficient (Wildman–Crippen LogP) is 3.53. The minimum absolute atomic E-state index is 0.248. The van der Waals surface area contributed by atoms with Crippen molar-refractivity contribution < 1.29 is 9.53 Å². The van der Waals surface area contributed by atoms with Gasteiger partial charge in [-0.3, -0.25) is 4.79 Å². The van der Waals surface area contributed by atoms with E-state index in [9.17, 15) is 9.59 Å². The number of carbonyl (C=O) groups excluding carboxylic acids is 1. The molecule has 1 aromatic heterocycles. The predicted molar refractivity (Wildman–Crippen MR) is 78.5 cm³/mol. The fourth-order valence-corrected chi connectivity index (χ4v) is 2.13. The maximum atomic E-state index is 11.9. The number of carbonyl (C=O) groups is 1. The van der Waals surface area contributed by atoms with Crippen LogP contribution in [0.3, 0.4) is 0 Å². The van der Waals surface area contributed by atoms with Crippen LogP contribution in [0, 0.1) is 0 Å². The van der Waals surface area contributed by atoms with Crippen molar-refractivity contribution in [3.05, 3.63) is 56.4 Å². The Morgan fingerprint density at radius 2 is 2.05 bits per heavy atom. The maximum Gasteiger partial charge on any atom is 0.339 e. The summed E-state index contributed by atoms with van der Waals surface area (Å²) in [4.78, 5) is 26.1. The number of esters is 1. The number of nitrogens with one attached hydrogen (secondary N) is 1. The van der Waals surface area contributed by atoms with Gasteiger partial charge in [0.2, 0.25) is 0 Å². The van der Waals surface area contributed by atoms with Gasteiger partial charge >= 0.3 is 5.97 Å². The summed E-state index contributed by atoms with van der Waals surface area (Å²) >= 11 is 12.0. The second-order valence-electron chi connectivity index (χ2n) is 3.95. The topological polar surface area (TPSA) is 59.2 Å². The van der Waals surface area contributed by atoms with Crippen LogP contribution >= 0.6 is 23.2 Å². The van der Waals surface area contributed by atoms with Crippen molar-refractivity contribution in [2.75, 3.05) is 6.61 Å². The van der Waals surface area contributed by atoms with Crippen molar-refractivity contribution >= 4 is 29.2 Å². The molecule has 2 aromatic rings. The van der Waals surface area contributed by atoms with Gasteiger partial charge in [-0.15, -0.1) is 0 Å². The molecule has 2 rings (SSSR count). The van der Waals surface area contributed by atoms with Crippen LogP contribution in [0.15, 0.2) is 35.3 Å². The second kappa shape index (κ2) is 6.11. The highest BCUT2D eigenvalue weighted by Gasteiger charge is 2.14. The summed E-state index contributed by atoms with van der Waals surface area (Å²) in [6.45, 7) is 1.96. The van der Waals surface area contributed by atoms with Gasteiger partial charge in [0.1, 0.15) is 0 Å². The summed E-state index contributed by atoms with van der Waals surface area (Å²) in [6.07, 6.45) is 1.31. The van der Waals surface area contributed by atoms with Gasteiger partial charge in [-0.25, -0.2) is 4.79 Å². The van der Waals surface area contributed by atoms with E-state index in [-0.39, 0.29) is 28.3 Å². The highest BCUT2D eigenvalue weighted by molar-refractivity contribution is 6.43. The molecule has 0 aliphatic carbocycles. The molecule has 1 aromatic carbocycles. The highest BCUT2D eigenvalue weighted by Crippen LogP contribution is 2.31. The van der Waals surface area contributed by atoms with Gasteiger partial charge in [-0.2, -0.15) is 0 Å². The van der Waals surface area contributed by atoms with Crippen molar-refractivity contribution in [2.24, 2.45) is 0 Å². The van der Waals surface area contributed by atoms with Gasteiger partial charge < -0.3 is 9.72 Å². The minimum Gasteiger partial charge on any atom is -0.462 e. The molecule has 1 heterocycles. The Bertz CT molecular complexity index is 710. The lowest BCUT2D eigenvalue weighted by Gasteiger charge is -2.07. The zero-order valence-electron chi connectivity index (χ0n) is 10.6. The third-order valence-corrected chi connectivity index (χ3v) is 3.48. The lowest BCUT2D eigenvalue weighted by molar-refractivity contribution is 0.0526. The van der Waals surface area contributed by atoms with Gasteiger partial charge in [-0.05, 0) is 19.1 Å². The highest BCUT2D eigenvalue weighted by atomic mass is 35.5. The van der Waals surface area contributed by atoms with E-state index >= 15 is 0 Å². The first-order valence-electron chi connectivity index (χ1n) is 5.88. The van der Waals surface area contributed by atoms with Crippen molar-refractivity contribution in [3.63, 3.8) is 0 Å². The number of benzene rings is 1. The summed E-state index contributed by atoms with van der Waals surface area (Å²) in [7, 11) is 0. The van der Waals surface area contributed by atoms with Gasteiger partial charge in [-0.1, -0.05) is 35.3 Å². The molecule has 0 saturated heterocycles. The Labute approximate surface area is 125 Å². The van der Waals surface area contributed by atoms with Gasteiger partial charge in [0, 0.05) is 17.3 Å². The van der Waals surface area contributed by atoms with Crippen molar-refractivity contribution in [3.8, 4) is 11.1 Å². The lowest BCUT2D eigenvalue weighted by Crippen LogP contribution is -2.13. The molecular weight excluding hydrogens is 301 g/mol. The monoisotopic (exact) mass is 311 g/mol. The number of hydrogen-bond acceptors (Lipinski definition) is 3. The number of H-pyrrole nitrogens is 1. The SMILES string of the molecule is CCOC(=O)c1c[nH]c(=O)c(-c2cccc(Cl)c2Cl)c1. The zero-order chi connectivity index (χ0) is 14.7. The fraction of sp³-hybridized carbons (Fsp3) is 0.143. The van der Waals surface area contributed by atoms with Gasteiger partial charge in [0.15, 0.2) is 0 Å². The molecule has 0 aliphatic heterocycles. The standard InChI is InChI=1S/C14H11Cl2NO3/c1-2-20-14(19)8-6-10(13(18)17-7-8)9-4-3-5-11(15)12(9)16/h3-7H,2H2,1H3,(H,17,18). The number of ether oxygens (including phenoxy) is 1. The molecule has 0 fully saturated rings. The fourth-order valence-electron chi connectivity index (χ4n) is 1.73. The van der Waals surface area contributed by atoms with Crippen LogP contribution in [0.2, 0.25) is 10.0 Å². The molecule has 4 nitrogen and oxygen atoms in total. The van der Waals surface area contributed by atoms with Crippen LogP contribution in [0.4, 0.5) is 0 Å². The number of pyridine rings is 1. The first-order chi connectivity index (χ1) is 9.54. The summed E-state index contributed by atoms with van der Waals surface area (Å²) in [5.74, 6) is -0.511. The summed E-state index contributed by atoms with van der Waals surface area (Å²) < 4.78 is 4.89. The van der Waals surface area contributed by atoms with Crippen molar-refractivity contribution in [1.29, 1.82) is 0 Å². The van der Waals surface area contributed by atoms with E-state index in [1.54, 1.807) is 25.1 Å². The summed E-state index contributed by atoms with van der Waals surface area (Å²) in [6, 6.07) is 6.40. The number of rotatable bonds is 3. The molecule has 6 heteroatoms. The molecule has 20 heavy (non-hydrogen) atoms. The number of halogens is 2.